The van der Waals surface area contributed by atoms with Gasteiger partial charge in [-0.15, -0.1) is 0 Å². The lowest BCUT2D eigenvalue weighted by Gasteiger charge is -2.06. The van der Waals surface area contributed by atoms with E-state index in [1.54, 1.807) is 6.92 Å². The van der Waals surface area contributed by atoms with Crippen molar-refractivity contribution in [1.82, 2.24) is 0 Å². The highest BCUT2D eigenvalue weighted by atomic mass is 16.9. The number of ether oxygens (including phenoxy) is 2. The maximum atomic E-state index is 10.8. The fraction of sp³-hybridized carbons (Fsp3) is 0.857. The summed E-state index contributed by atoms with van der Waals surface area (Å²) in [5.41, 5.74) is 0. The molecule has 12 heavy (non-hydrogen) atoms. The van der Waals surface area contributed by atoms with Gasteiger partial charge in [0.1, 0.15) is 0 Å². The molecular formula is C7H12O5. The van der Waals surface area contributed by atoms with Gasteiger partial charge in [-0.3, -0.25) is 4.74 Å². The summed E-state index contributed by atoms with van der Waals surface area (Å²) in [4.78, 5) is 10.8. The topological polar surface area (TPSA) is 79.3 Å². The molecule has 0 radical (unpaired) electrons. The number of rotatable bonds is 3. The van der Waals surface area contributed by atoms with Crippen LogP contribution in [0.1, 0.15) is 19.8 Å². The summed E-state index contributed by atoms with van der Waals surface area (Å²) in [5.74, 6) is -4.84. The standard InChI is InChI=1S/C7H12O5/c1-3-4-6(9)7(10,12-6)5(8)11-2/h9-10H,3-4H2,1-2H3. The van der Waals surface area contributed by atoms with Crippen molar-refractivity contribution >= 4 is 5.97 Å². The molecule has 0 amide bonds. The third-order valence-electron chi connectivity index (χ3n) is 1.86. The van der Waals surface area contributed by atoms with Crippen LogP contribution in [0.5, 0.6) is 0 Å². The first-order chi connectivity index (χ1) is 5.50. The molecule has 0 saturated carbocycles. The lowest BCUT2D eigenvalue weighted by molar-refractivity contribution is -0.162. The lowest BCUT2D eigenvalue weighted by Crippen LogP contribution is -2.34. The molecule has 0 bridgehead atoms. The highest BCUT2D eigenvalue weighted by Crippen LogP contribution is 2.47. The van der Waals surface area contributed by atoms with Gasteiger partial charge in [-0.05, 0) is 0 Å². The van der Waals surface area contributed by atoms with Crippen molar-refractivity contribution in [3.8, 4) is 0 Å². The van der Waals surface area contributed by atoms with E-state index in [1.807, 2.05) is 0 Å². The normalized spacial score (nSPS) is 39.3. The maximum Gasteiger partial charge on any atom is 0.372 e. The zero-order chi connectivity index (χ0) is 9.41. The van der Waals surface area contributed by atoms with E-state index in [9.17, 15) is 15.0 Å². The van der Waals surface area contributed by atoms with Gasteiger partial charge in [-0.2, -0.15) is 0 Å². The van der Waals surface area contributed by atoms with Gasteiger partial charge in [-0.25, -0.2) is 4.79 Å². The largest absolute Gasteiger partial charge is 0.465 e. The van der Waals surface area contributed by atoms with E-state index in [0.717, 1.165) is 7.11 Å². The van der Waals surface area contributed by atoms with Crippen LogP contribution < -0.4 is 0 Å². The molecule has 1 saturated heterocycles. The van der Waals surface area contributed by atoms with Crippen LogP contribution in [0.15, 0.2) is 0 Å². The second kappa shape index (κ2) is 2.69. The van der Waals surface area contributed by atoms with Gasteiger partial charge in [0, 0.05) is 6.42 Å². The first kappa shape index (κ1) is 9.44. The molecule has 0 aliphatic carbocycles. The molecule has 2 N–H and O–H groups in total. The smallest absolute Gasteiger partial charge is 0.372 e. The SMILES string of the molecule is CCCC1(O)OC1(O)C(=O)OC. The predicted molar refractivity (Wildman–Crippen MR) is 37.9 cm³/mol. The average Bonchev–Trinajstić information content (AvgIpc) is 2.55. The molecule has 0 spiro atoms. The molecule has 1 fully saturated rings. The Labute approximate surface area is 69.9 Å². The number of methoxy groups -OCH3 is 1. The molecule has 5 heteroatoms. The molecule has 1 aliphatic heterocycles. The Morgan fingerprint density at radius 2 is 2.17 bits per heavy atom. The Bertz CT molecular complexity index is 204. The van der Waals surface area contributed by atoms with Crippen molar-refractivity contribution < 1.29 is 24.5 Å². The minimum atomic E-state index is -2.14. The van der Waals surface area contributed by atoms with Gasteiger partial charge >= 0.3 is 11.8 Å². The van der Waals surface area contributed by atoms with Crippen molar-refractivity contribution in [2.45, 2.75) is 31.3 Å². The number of aliphatic hydroxyl groups is 2. The van der Waals surface area contributed by atoms with Crippen LogP contribution in [0, 0.1) is 0 Å². The summed E-state index contributed by atoms with van der Waals surface area (Å²) in [6, 6.07) is 0. The van der Waals surface area contributed by atoms with Crippen LogP contribution in [0.3, 0.4) is 0 Å². The Morgan fingerprint density at radius 3 is 2.58 bits per heavy atom. The fourth-order valence-corrected chi connectivity index (χ4v) is 1.12. The Balaban J connectivity index is 2.62. The summed E-state index contributed by atoms with van der Waals surface area (Å²) >= 11 is 0. The van der Waals surface area contributed by atoms with Crippen molar-refractivity contribution in [3.63, 3.8) is 0 Å². The molecule has 0 aromatic rings. The molecule has 2 atom stereocenters. The maximum absolute atomic E-state index is 10.8. The third kappa shape index (κ3) is 1.10. The number of carbonyl (C=O) groups excluding carboxylic acids is 1. The number of esters is 1. The zero-order valence-corrected chi connectivity index (χ0v) is 7.03. The minimum absolute atomic E-state index is 0.207. The summed E-state index contributed by atoms with van der Waals surface area (Å²) in [5, 5.41) is 18.7. The zero-order valence-electron chi connectivity index (χ0n) is 7.03. The van der Waals surface area contributed by atoms with Crippen LogP contribution in [0.2, 0.25) is 0 Å². The summed E-state index contributed by atoms with van der Waals surface area (Å²) < 4.78 is 8.77. The molecular weight excluding hydrogens is 164 g/mol. The first-order valence-electron chi connectivity index (χ1n) is 3.73. The highest BCUT2D eigenvalue weighted by Gasteiger charge is 2.75. The van der Waals surface area contributed by atoms with Gasteiger partial charge in [0.25, 0.3) is 0 Å². The van der Waals surface area contributed by atoms with Crippen molar-refractivity contribution in [2.75, 3.05) is 7.11 Å². The molecule has 1 aliphatic rings. The summed E-state index contributed by atoms with van der Waals surface area (Å²) in [7, 11) is 1.12. The molecule has 5 nitrogen and oxygen atoms in total. The average molecular weight is 176 g/mol. The van der Waals surface area contributed by atoms with E-state index in [1.165, 1.54) is 0 Å². The molecule has 70 valence electrons. The number of hydrogen-bond acceptors (Lipinski definition) is 5. The van der Waals surface area contributed by atoms with Gasteiger partial charge in [0.15, 0.2) is 0 Å². The van der Waals surface area contributed by atoms with E-state index < -0.39 is 17.5 Å². The van der Waals surface area contributed by atoms with E-state index >= 15 is 0 Å². The van der Waals surface area contributed by atoms with Crippen LogP contribution in [0.4, 0.5) is 0 Å². The van der Waals surface area contributed by atoms with Crippen LogP contribution in [-0.4, -0.2) is 34.9 Å². The van der Waals surface area contributed by atoms with Gasteiger partial charge in [0.05, 0.1) is 7.11 Å². The highest BCUT2D eigenvalue weighted by molar-refractivity contribution is 5.81. The van der Waals surface area contributed by atoms with Gasteiger partial charge in [0.2, 0.25) is 5.79 Å². The van der Waals surface area contributed by atoms with Crippen LogP contribution in [-0.2, 0) is 14.3 Å². The van der Waals surface area contributed by atoms with E-state index in [2.05, 4.69) is 9.47 Å². The fourth-order valence-electron chi connectivity index (χ4n) is 1.12. The summed E-state index contributed by atoms with van der Waals surface area (Å²) in [6.07, 6.45) is 0.814. The van der Waals surface area contributed by atoms with Crippen molar-refractivity contribution in [1.29, 1.82) is 0 Å². The Morgan fingerprint density at radius 1 is 1.58 bits per heavy atom. The molecule has 0 aromatic carbocycles. The van der Waals surface area contributed by atoms with Crippen molar-refractivity contribution in [3.05, 3.63) is 0 Å². The second-order valence-electron chi connectivity index (χ2n) is 2.77. The van der Waals surface area contributed by atoms with Crippen molar-refractivity contribution in [2.24, 2.45) is 0 Å². The third-order valence-corrected chi connectivity index (χ3v) is 1.86. The minimum Gasteiger partial charge on any atom is -0.465 e. The van der Waals surface area contributed by atoms with E-state index in [0.29, 0.717) is 6.42 Å². The molecule has 1 rings (SSSR count). The van der Waals surface area contributed by atoms with Gasteiger partial charge in [-0.1, -0.05) is 13.3 Å². The monoisotopic (exact) mass is 176 g/mol. The molecule has 2 unspecified atom stereocenters. The van der Waals surface area contributed by atoms with E-state index in [4.69, 9.17) is 0 Å². The van der Waals surface area contributed by atoms with Gasteiger partial charge < -0.3 is 14.9 Å². The summed E-state index contributed by atoms with van der Waals surface area (Å²) in [6.45, 7) is 1.80. The van der Waals surface area contributed by atoms with E-state index in [-0.39, 0.29) is 6.42 Å². The molecule has 1 heterocycles. The Kier molecular flexibility index (Phi) is 2.11. The quantitative estimate of drug-likeness (QED) is 0.442. The number of hydrogen-bond donors (Lipinski definition) is 2. The molecule has 0 aromatic heterocycles. The second-order valence-corrected chi connectivity index (χ2v) is 2.77. The van der Waals surface area contributed by atoms with Crippen LogP contribution in [0.25, 0.3) is 0 Å². The first-order valence-corrected chi connectivity index (χ1v) is 3.73. The lowest BCUT2D eigenvalue weighted by atomic mass is 10.1. The Hall–Kier alpha value is -0.650. The number of carbonyl (C=O) groups is 1. The number of epoxide rings is 1. The predicted octanol–water partition coefficient (Wildman–Crippen LogP) is -0.633. The van der Waals surface area contributed by atoms with Crippen LogP contribution >= 0.6 is 0 Å².